The highest BCUT2D eigenvalue weighted by Crippen LogP contribution is 2.49. The Labute approximate surface area is 186 Å². The van der Waals surface area contributed by atoms with E-state index in [4.69, 9.17) is 4.74 Å². The monoisotopic (exact) mass is 430 g/mol. The molecule has 2 aromatic carbocycles. The second kappa shape index (κ2) is 7.27. The lowest BCUT2D eigenvalue weighted by molar-refractivity contribution is -0.152. The van der Waals surface area contributed by atoms with Crippen molar-refractivity contribution in [1.29, 1.82) is 0 Å². The molecule has 6 heteroatoms. The first kappa shape index (κ1) is 19.7. The summed E-state index contributed by atoms with van der Waals surface area (Å²) in [5.41, 5.74) is 2.44. The van der Waals surface area contributed by atoms with Gasteiger partial charge in [-0.05, 0) is 48.1 Å². The zero-order valence-corrected chi connectivity index (χ0v) is 18.1. The fraction of sp³-hybridized carbons (Fsp3) is 0.423. The van der Waals surface area contributed by atoms with E-state index in [-0.39, 0.29) is 29.9 Å². The number of ether oxygens (including phenoxy) is 1. The van der Waals surface area contributed by atoms with E-state index in [1.807, 2.05) is 12.1 Å². The number of benzene rings is 2. The number of fused-ring (bicyclic) bond motifs is 6. The van der Waals surface area contributed by atoms with Crippen molar-refractivity contribution < 1.29 is 19.1 Å². The van der Waals surface area contributed by atoms with Gasteiger partial charge in [0.25, 0.3) is 0 Å². The van der Waals surface area contributed by atoms with Gasteiger partial charge in [-0.15, -0.1) is 0 Å². The lowest BCUT2D eigenvalue weighted by Crippen LogP contribution is -2.51. The molecule has 0 N–H and O–H groups in total. The Balaban J connectivity index is 1.19. The van der Waals surface area contributed by atoms with Crippen LogP contribution in [0.5, 0.6) is 0 Å². The standard InChI is InChI=1S/C26H26N2O4/c1-15(28-25(30)22-20-9-10-21(32-20)23(22)26(28)31)24(29)27-13-11-17(12-14-27)19-8-4-6-16-5-2-3-7-18(16)19/h2-8,11,15,20-23H,9-10,12-14H2,1H3. The molecule has 5 atom stereocenters. The van der Waals surface area contributed by atoms with Gasteiger partial charge in [0.2, 0.25) is 17.7 Å². The van der Waals surface area contributed by atoms with Crippen molar-refractivity contribution in [3.8, 4) is 0 Å². The molecule has 3 fully saturated rings. The topological polar surface area (TPSA) is 66.9 Å². The van der Waals surface area contributed by atoms with Crippen molar-refractivity contribution in [2.45, 2.75) is 44.4 Å². The van der Waals surface area contributed by atoms with Crippen LogP contribution in [-0.2, 0) is 19.1 Å². The first-order valence-corrected chi connectivity index (χ1v) is 11.5. The average molecular weight is 431 g/mol. The fourth-order valence-corrected chi connectivity index (χ4v) is 6.11. The second-order valence-corrected chi connectivity index (χ2v) is 9.35. The summed E-state index contributed by atoms with van der Waals surface area (Å²) in [5, 5.41) is 2.42. The third-order valence-corrected chi connectivity index (χ3v) is 7.72. The largest absolute Gasteiger partial charge is 0.373 e. The maximum atomic E-state index is 13.2. The van der Waals surface area contributed by atoms with Gasteiger partial charge in [0.15, 0.2) is 0 Å². The molecule has 4 aliphatic rings. The molecule has 0 spiro atoms. The number of hydrogen-bond donors (Lipinski definition) is 0. The summed E-state index contributed by atoms with van der Waals surface area (Å²) in [6.45, 7) is 2.75. The molecule has 0 aliphatic carbocycles. The van der Waals surface area contributed by atoms with Crippen LogP contribution >= 0.6 is 0 Å². The van der Waals surface area contributed by atoms with Crippen LogP contribution in [-0.4, -0.2) is 58.9 Å². The van der Waals surface area contributed by atoms with Crippen molar-refractivity contribution >= 4 is 34.1 Å². The minimum absolute atomic E-state index is 0.157. The Morgan fingerprint density at radius 1 is 1.00 bits per heavy atom. The normalized spacial score (nSPS) is 30.1. The molecule has 164 valence electrons. The summed E-state index contributed by atoms with van der Waals surface area (Å²) in [7, 11) is 0. The highest BCUT2D eigenvalue weighted by Gasteiger charge is 2.63. The highest BCUT2D eigenvalue weighted by atomic mass is 16.5. The van der Waals surface area contributed by atoms with E-state index in [0.717, 1.165) is 19.3 Å². The molecule has 2 aromatic rings. The lowest BCUT2D eigenvalue weighted by Gasteiger charge is -2.32. The Hall–Kier alpha value is -2.99. The minimum Gasteiger partial charge on any atom is -0.373 e. The molecule has 0 aromatic heterocycles. The third kappa shape index (κ3) is 2.78. The lowest BCUT2D eigenvalue weighted by atomic mass is 9.81. The zero-order valence-electron chi connectivity index (χ0n) is 18.1. The van der Waals surface area contributed by atoms with Crippen molar-refractivity contribution in [3.05, 3.63) is 54.1 Å². The number of nitrogens with zero attached hydrogens (tertiary/aromatic N) is 2. The second-order valence-electron chi connectivity index (χ2n) is 9.35. The van der Waals surface area contributed by atoms with E-state index in [1.54, 1.807) is 11.8 Å². The molecular weight excluding hydrogens is 404 g/mol. The van der Waals surface area contributed by atoms with Crippen LogP contribution in [0.3, 0.4) is 0 Å². The summed E-state index contributed by atoms with van der Waals surface area (Å²) >= 11 is 0. The van der Waals surface area contributed by atoms with Crippen molar-refractivity contribution in [1.82, 2.24) is 9.80 Å². The summed E-state index contributed by atoms with van der Waals surface area (Å²) in [6.07, 6.45) is 4.19. The van der Waals surface area contributed by atoms with Gasteiger partial charge in [-0.1, -0.05) is 48.5 Å². The molecular formula is C26H26N2O4. The summed E-state index contributed by atoms with van der Waals surface area (Å²) < 4.78 is 5.80. The molecule has 3 amide bonds. The minimum atomic E-state index is -0.771. The van der Waals surface area contributed by atoms with Crippen LogP contribution in [0.4, 0.5) is 0 Å². The van der Waals surface area contributed by atoms with Crippen LogP contribution in [0.25, 0.3) is 16.3 Å². The third-order valence-electron chi connectivity index (χ3n) is 7.72. The first-order chi connectivity index (χ1) is 15.5. The zero-order chi connectivity index (χ0) is 22.0. The Morgan fingerprint density at radius 2 is 1.69 bits per heavy atom. The number of carbonyl (C=O) groups excluding carboxylic acids is 3. The number of likely N-dealkylation sites (tertiary alicyclic amines) is 1. The molecule has 0 saturated carbocycles. The number of rotatable bonds is 3. The molecule has 5 unspecified atom stereocenters. The van der Waals surface area contributed by atoms with Crippen LogP contribution < -0.4 is 0 Å². The number of carbonyl (C=O) groups is 3. The first-order valence-electron chi connectivity index (χ1n) is 11.5. The Bertz CT molecular complexity index is 1140. The smallest absolute Gasteiger partial charge is 0.245 e. The van der Waals surface area contributed by atoms with Crippen molar-refractivity contribution in [2.75, 3.05) is 13.1 Å². The van der Waals surface area contributed by atoms with Crippen LogP contribution in [0, 0.1) is 11.8 Å². The van der Waals surface area contributed by atoms with Crippen LogP contribution in [0.2, 0.25) is 0 Å². The molecule has 6 nitrogen and oxygen atoms in total. The summed E-state index contributed by atoms with van der Waals surface area (Å²) in [5.74, 6) is -1.39. The van der Waals surface area contributed by atoms with E-state index in [2.05, 4.69) is 36.4 Å². The molecule has 4 aliphatic heterocycles. The van der Waals surface area contributed by atoms with Gasteiger partial charge < -0.3 is 9.64 Å². The van der Waals surface area contributed by atoms with E-state index >= 15 is 0 Å². The van der Waals surface area contributed by atoms with Crippen LogP contribution in [0.1, 0.15) is 31.7 Å². The average Bonchev–Trinajstić information content (AvgIpc) is 3.51. The van der Waals surface area contributed by atoms with E-state index < -0.39 is 17.9 Å². The molecule has 32 heavy (non-hydrogen) atoms. The van der Waals surface area contributed by atoms with Crippen molar-refractivity contribution in [3.63, 3.8) is 0 Å². The maximum absolute atomic E-state index is 13.2. The van der Waals surface area contributed by atoms with Gasteiger partial charge in [0, 0.05) is 13.1 Å². The predicted octanol–water partition coefficient (Wildman–Crippen LogP) is 3.01. The maximum Gasteiger partial charge on any atom is 0.245 e. The Kier molecular flexibility index (Phi) is 4.47. The van der Waals surface area contributed by atoms with Gasteiger partial charge in [-0.25, -0.2) is 0 Å². The van der Waals surface area contributed by atoms with Gasteiger partial charge in [-0.2, -0.15) is 0 Å². The van der Waals surface area contributed by atoms with Crippen LogP contribution in [0.15, 0.2) is 48.5 Å². The highest BCUT2D eigenvalue weighted by molar-refractivity contribution is 6.09. The predicted molar refractivity (Wildman–Crippen MR) is 119 cm³/mol. The molecule has 6 rings (SSSR count). The van der Waals surface area contributed by atoms with E-state index in [0.29, 0.717) is 13.1 Å². The van der Waals surface area contributed by atoms with Gasteiger partial charge >= 0.3 is 0 Å². The van der Waals surface area contributed by atoms with E-state index in [9.17, 15) is 14.4 Å². The van der Waals surface area contributed by atoms with Crippen molar-refractivity contribution in [2.24, 2.45) is 11.8 Å². The molecule has 2 bridgehead atoms. The van der Waals surface area contributed by atoms with E-state index in [1.165, 1.54) is 26.8 Å². The summed E-state index contributed by atoms with van der Waals surface area (Å²) in [4.78, 5) is 42.3. The summed E-state index contributed by atoms with van der Waals surface area (Å²) in [6, 6.07) is 13.9. The SMILES string of the molecule is CC(C(=O)N1CC=C(c2cccc3ccccc23)CC1)N1C(=O)C2C3CCC(O3)C2C1=O. The molecule has 0 radical (unpaired) electrons. The van der Waals surface area contributed by atoms with Gasteiger partial charge in [-0.3, -0.25) is 19.3 Å². The Morgan fingerprint density at radius 3 is 2.38 bits per heavy atom. The number of imide groups is 1. The van der Waals surface area contributed by atoms with Gasteiger partial charge in [0.1, 0.15) is 6.04 Å². The van der Waals surface area contributed by atoms with Gasteiger partial charge in [0.05, 0.1) is 24.0 Å². The molecule has 4 heterocycles. The quantitative estimate of drug-likeness (QED) is 0.702. The number of hydrogen-bond acceptors (Lipinski definition) is 4. The number of amides is 3. The molecule has 3 saturated heterocycles. The fourth-order valence-electron chi connectivity index (χ4n) is 6.11.